The van der Waals surface area contributed by atoms with Crippen LogP contribution in [0.25, 0.3) is 0 Å². The molecule has 0 aromatic heterocycles. The lowest BCUT2D eigenvalue weighted by atomic mass is 10.2. The predicted octanol–water partition coefficient (Wildman–Crippen LogP) is 1.25. The molecule has 1 atom stereocenters. The molecule has 1 aliphatic heterocycles. The molecule has 0 fully saturated rings. The van der Waals surface area contributed by atoms with Crippen LogP contribution in [0.1, 0.15) is 5.56 Å². The zero-order valence-electron chi connectivity index (χ0n) is 8.43. The van der Waals surface area contributed by atoms with Gasteiger partial charge in [-0.15, -0.1) is 11.8 Å². The monoisotopic (exact) mass is 243 g/mol. The van der Waals surface area contributed by atoms with Gasteiger partial charge in [0, 0.05) is 24.2 Å². The average Bonchev–Trinajstić information content (AvgIpc) is 2.38. The van der Waals surface area contributed by atoms with Crippen molar-refractivity contribution in [2.24, 2.45) is 0 Å². The van der Waals surface area contributed by atoms with E-state index < -0.39 is 9.84 Å². The zero-order valence-corrected chi connectivity index (χ0v) is 10.1. The fourth-order valence-electron chi connectivity index (χ4n) is 1.51. The van der Waals surface area contributed by atoms with Crippen molar-refractivity contribution in [3.8, 4) is 0 Å². The van der Waals surface area contributed by atoms with E-state index in [4.69, 9.17) is 0 Å². The minimum atomic E-state index is -2.99. The van der Waals surface area contributed by atoms with Crippen LogP contribution >= 0.6 is 11.8 Å². The van der Waals surface area contributed by atoms with Crippen LogP contribution in [-0.2, 0) is 16.4 Å². The van der Waals surface area contributed by atoms with Gasteiger partial charge in [0.2, 0.25) is 0 Å². The minimum absolute atomic E-state index is 0.374. The maximum absolute atomic E-state index is 11.5. The molecule has 0 aliphatic carbocycles. The third-order valence-corrected chi connectivity index (χ3v) is 5.88. The second-order valence-corrected chi connectivity index (χ2v) is 7.39. The van der Waals surface area contributed by atoms with Gasteiger partial charge in [-0.2, -0.15) is 0 Å². The molecule has 1 heterocycles. The smallest absolute Gasteiger partial charge is 0.161 e. The Kier molecular flexibility index (Phi) is 3.04. The van der Waals surface area contributed by atoms with Crippen LogP contribution in [0.2, 0.25) is 0 Å². The van der Waals surface area contributed by atoms with Crippen molar-refractivity contribution in [1.29, 1.82) is 0 Å². The lowest BCUT2D eigenvalue weighted by Gasteiger charge is -2.11. The Morgan fingerprint density at radius 2 is 2.13 bits per heavy atom. The van der Waals surface area contributed by atoms with E-state index in [0.717, 1.165) is 11.4 Å². The number of hydrogen-bond donors (Lipinski definition) is 1. The number of sulfone groups is 1. The highest BCUT2D eigenvalue weighted by Gasteiger charge is 2.24. The zero-order chi connectivity index (χ0) is 10.9. The van der Waals surface area contributed by atoms with Crippen molar-refractivity contribution in [3.63, 3.8) is 0 Å². The molecule has 82 valence electrons. The van der Waals surface area contributed by atoms with E-state index in [2.05, 4.69) is 5.32 Å². The molecule has 3 nitrogen and oxygen atoms in total. The Morgan fingerprint density at radius 3 is 2.87 bits per heavy atom. The summed E-state index contributed by atoms with van der Waals surface area (Å²) in [4.78, 5) is 1.07. The number of rotatable bonds is 1. The quantitative estimate of drug-likeness (QED) is 0.806. The predicted molar refractivity (Wildman–Crippen MR) is 62.6 cm³/mol. The average molecular weight is 243 g/mol. The number of nitrogens with one attached hydrogen (secondary N) is 1. The molecular weight excluding hydrogens is 230 g/mol. The maximum Gasteiger partial charge on any atom is 0.161 e. The van der Waals surface area contributed by atoms with E-state index >= 15 is 0 Å². The summed E-state index contributed by atoms with van der Waals surface area (Å²) >= 11 is 1.43. The maximum atomic E-state index is 11.5. The third kappa shape index (κ3) is 2.53. The molecule has 1 aromatic rings. The molecule has 1 unspecified atom stereocenters. The summed E-state index contributed by atoms with van der Waals surface area (Å²) in [5.74, 6) is 0. The van der Waals surface area contributed by atoms with Gasteiger partial charge in [-0.25, -0.2) is 8.42 Å². The summed E-state index contributed by atoms with van der Waals surface area (Å²) in [5.41, 5.74) is 1.17. The first-order valence-corrected chi connectivity index (χ1v) is 7.55. The summed E-state index contributed by atoms with van der Waals surface area (Å²) in [5, 5.41) is 3.16. The molecule has 1 N–H and O–H groups in total. The van der Waals surface area contributed by atoms with E-state index in [9.17, 15) is 8.42 Å². The van der Waals surface area contributed by atoms with Crippen molar-refractivity contribution in [2.75, 3.05) is 12.8 Å². The summed E-state index contributed by atoms with van der Waals surface area (Å²) in [6.07, 6.45) is 1.29. The van der Waals surface area contributed by atoms with Crippen LogP contribution in [0.15, 0.2) is 29.2 Å². The fraction of sp³-hybridized carbons (Fsp3) is 0.400. The van der Waals surface area contributed by atoms with E-state index in [1.165, 1.54) is 23.6 Å². The van der Waals surface area contributed by atoms with Crippen LogP contribution in [0.3, 0.4) is 0 Å². The highest BCUT2D eigenvalue weighted by molar-refractivity contribution is 8.13. The normalized spacial score (nSPS) is 21.8. The highest BCUT2D eigenvalue weighted by atomic mass is 32.3. The van der Waals surface area contributed by atoms with Gasteiger partial charge in [0.25, 0.3) is 0 Å². The lowest BCUT2D eigenvalue weighted by molar-refractivity contribution is 0.593. The van der Waals surface area contributed by atoms with Crippen LogP contribution in [0.5, 0.6) is 0 Å². The molecular formula is C10H13NO2S2. The first-order chi connectivity index (χ1) is 7.07. The van der Waals surface area contributed by atoms with Crippen LogP contribution < -0.4 is 5.32 Å². The van der Waals surface area contributed by atoms with Crippen molar-refractivity contribution in [2.45, 2.75) is 16.0 Å². The van der Waals surface area contributed by atoms with E-state index in [0.29, 0.717) is 6.54 Å². The second kappa shape index (κ2) is 4.15. The van der Waals surface area contributed by atoms with Gasteiger partial charge >= 0.3 is 0 Å². The number of hydrogen-bond acceptors (Lipinski definition) is 4. The first kappa shape index (κ1) is 11.0. The molecule has 0 bridgehead atoms. The third-order valence-electron chi connectivity index (χ3n) is 2.34. The fourth-order valence-corrected chi connectivity index (χ4v) is 3.88. The lowest BCUT2D eigenvalue weighted by Crippen LogP contribution is -2.28. The number of thioether (sulfide) groups is 1. The summed E-state index contributed by atoms with van der Waals surface area (Å²) in [6, 6.07) is 7.92. The van der Waals surface area contributed by atoms with Gasteiger partial charge in [-0.05, 0) is 11.6 Å². The molecule has 5 heteroatoms. The van der Waals surface area contributed by atoms with Crippen molar-refractivity contribution < 1.29 is 8.42 Å². The summed E-state index contributed by atoms with van der Waals surface area (Å²) < 4.78 is 22.6. The first-order valence-electron chi connectivity index (χ1n) is 4.71. The molecule has 0 saturated heterocycles. The Labute approximate surface area is 94.2 Å². The Balaban J connectivity index is 2.33. The molecule has 0 amide bonds. The molecule has 2 rings (SSSR count). The van der Waals surface area contributed by atoms with E-state index in [1.54, 1.807) is 0 Å². The molecule has 1 aliphatic rings. The van der Waals surface area contributed by atoms with Gasteiger partial charge in [-0.1, -0.05) is 18.2 Å². The van der Waals surface area contributed by atoms with Gasteiger partial charge in [-0.3, -0.25) is 0 Å². The second-order valence-electron chi connectivity index (χ2n) is 3.62. The minimum Gasteiger partial charge on any atom is -0.310 e. The summed E-state index contributed by atoms with van der Waals surface area (Å²) in [7, 11) is -2.99. The Bertz CT molecular complexity index is 456. The highest BCUT2D eigenvalue weighted by Crippen LogP contribution is 2.31. The van der Waals surface area contributed by atoms with Crippen LogP contribution in [0.4, 0.5) is 0 Å². The van der Waals surface area contributed by atoms with E-state index in [1.807, 2.05) is 24.3 Å². The summed E-state index contributed by atoms with van der Waals surface area (Å²) in [6.45, 7) is 1.26. The van der Waals surface area contributed by atoms with Crippen LogP contribution in [0, 0.1) is 0 Å². The Morgan fingerprint density at radius 1 is 1.40 bits per heavy atom. The number of benzene rings is 1. The van der Waals surface area contributed by atoms with Crippen LogP contribution in [-0.4, -0.2) is 25.8 Å². The van der Waals surface area contributed by atoms with Crippen molar-refractivity contribution in [1.82, 2.24) is 5.32 Å². The molecule has 0 radical (unpaired) electrons. The molecule has 0 spiro atoms. The molecule has 1 aromatic carbocycles. The van der Waals surface area contributed by atoms with Gasteiger partial charge in [0.15, 0.2) is 9.84 Å². The van der Waals surface area contributed by atoms with Gasteiger partial charge in [0.05, 0.1) is 0 Å². The SMILES string of the molecule is CS(=O)(=O)C1CNCc2ccccc2S1. The van der Waals surface area contributed by atoms with E-state index in [-0.39, 0.29) is 4.58 Å². The largest absolute Gasteiger partial charge is 0.310 e. The van der Waals surface area contributed by atoms with Crippen molar-refractivity contribution in [3.05, 3.63) is 29.8 Å². The Hall–Kier alpha value is -0.520. The standard InChI is InChI=1S/C10H13NO2S2/c1-15(12,13)10-7-11-6-8-4-2-3-5-9(8)14-10/h2-5,10-11H,6-7H2,1H3. The van der Waals surface area contributed by atoms with Gasteiger partial charge < -0.3 is 5.32 Å². The van der Waals surface area contributed by atoms with Crippen molar-refractivity contribution >= 4 is 21.6 Å². The number of fused-ring (bicyclic) bond motifs is 1. The van der Waals surface area contributed by atoms with Gasteiger partial charge in [0.1, 0.15) is 4.58 Å². The molecule has 0 saturated carbocycles. The topological polar surface area (TPSA) is 46.2 Å². The molecule has 15 heavy (non-hydrogen) atoms.